The summed E-state index contributed by atoms with van der Waals surface area (Å²) < 4.78 is 15.8. The number of carbonyl (C=O) groups is 1. The Morgan fingerprint density at radius 3 is 2.55 bits per heavy atom. The molecule has 0 amide bonds. The van der Waals surface area contributed by atoms with Crippen LogP contribution in [0.25, 0.3) is 0 Å². The van der Waals surface area contributed by atoms with Crippen LogP contribution in [0.5, 0.6) is 5.75 Å². The molecule has 5 heteroatoms. The summed E-state index contributed by atoms with van der Waals surface area (Å²) in [7, 11) is 3.20. The van der Waals surface area contributed by atoms with Crippen LogP contribution in [0.1, 0.15) is 25.8 Å². The van der Waals surface area contributed by atoms with Crippen molar-refractivity contribution in [2.24, 2.45) is 5.92 Å². The summed E-state index contributed by atoms with van der Waals surface area (Å²) in [5.74, 6) is -0.370. The molecule has 0 saturated carbocycles. The van der Waals surface area contributed by atoms with Crippen LogP contribution >= 0.6 is 0 Å². The fourth-order valence-electron chi connectivity index (χ4n) is 2.45. The lowest BCUT2D eigenvalue weighted by Crippen LogP contribution is -2.45. The van der Waals surface area contributed by atoms with E-state index in [2.05, 4.69) is 0 Å². The number of aliphatic carboxylic acids is 1. The maximum Gasteiger partial charge on any atom is 0.316 e. The molecule has 0 spiro atoms. The van der Waals surface area contributed by atoms with Gasteiger partial charge in [-0.2, -0.15) is 0 Å². The summed E-state index contributed by atoms with van der Waals surface area (Å²) >= 11 is 0. The molecule has 0 aliphatic rings. The first kappa shape index (κ1) is 18.5. The highest BCUT2D eigenvalue weighted by Crippen LogP contribution is 2.35. The number of carboxylic acids is 1. The van der Waals surface area contributed by atoms with E-state index in [0.29, 0.717) is 24.5 Å². The second-order valence-electron chi connectivity index (χ2n) is 5.56. The van der Waals surface area contributed by atoms with E-state index < -0.39 is 11.4 Å². The molecule has 0 saturated heterocycles. The lowest BCUT2D eigenvalue weighted by Gasteiger charge is -2.33. The molecule has 1 aromatic carbocycles. The number of methoxy groups -OCH3 is 2. The van der Waals surface area contributed by atoms with Gasteiger partial charge < -0.3 is 19.3 Å². The molecular weight excluding hydrogens is 284 g/mol. The molecule has 0 heterocycles. The quantitative estimate of drug-likeness (QED) is 0.673. The van der Waals surface area contributed by atoms with E-state index in [-0.39, 0.29) is 12.5 Å². The highest BCUT2D eigenvalue weighted by molar-refractivity contribution is 5.82. The molecular formula is C17H26O5. The lowest BCUT2D eigenvalue weighted by atomic mass is 9.72. The van der Waals surface area contributed by atoms with Gasteiger partial charge in [-0.3, -0.25) is 4.79 Å². The standard InChI is InChI=1S/C17H26O5/c1-13(2)17(16(18)19,12-22-10-6-9-20-3)14-7-5-8-15(11-14)21-4/h5,7-8,11,13H,6,9-10,12H2,1-4H3,(H,18,19). The van der Waals surface area contributed by atoms with Gasteiger partial charge >= 0.3 is 5.97 Å². The Balaban J connectivity index is 3.02. The van der Waals surface area contributed by atoms with Gasteiger partial charge in [0.1, 0.15) is 11.2 Å². The van der Waals surface area contributed by atoms with E-state index in [1.807, 2.05) is 19.9 Å². The van der Waals surface area contributed by atoms with Crippen LogP contribution in [0.4, 0.5) is 0 Å². The summed E-state index contributed by atoms with van der Waals surface area (Å²) in [6.07, 6.45) is 0.738. The monoisotopic (exact) mass is 310 g/mol. The Morgan fingerprint density at radius 2 is 2.00 bits per heavy atom. The number of hydrogen-bond donors (Lipinski definition) is 1. The minimum atomic E-state index is -1.10. The number of hydrogen-bond acceptors (Lipinski definition) is 4. The van der Waals surface area contributed by atoms with Gasteiger partial charge in [0, 0.05) is 20.3 Å². The maximum atomic E-state index is 12.0. The zero-order valence-electron chi connectivity index (χ0n) is 13.8. The van der Waals surface area contributed by atoms with Crippen molar-refractivity contribution in [3.8, 4) is 5.75 Å². The van der Waals surface area contributed by atoms with Crippen molar-refractivity contribution in [2.75, 3.05) is 34.0 Å². The maximum absolute atomic E-state index is 12.0. The first-order valence-corrected chi connectivity index (χ1v) is 7.43. The van der Waals surface area contributed by atoms with E-state index in [0.717, 1.165) is 6.42 Å². The van der Waals surface area contributed by atoms with Crippen LogP contribution in [0.2, 0.25) is 0 Å². The first-order chi connectivity index (χ1) is 10.5. The van der Waals surface area contributed by atoms with E-state index in [4.69, 9.17) is 14.2 Å². The van der Waals surface area contributed by atoms with Crippen molar-refractivity contribution in [2.45, 2.75) is 25.7 Å². The summed E-state index contributed by atoms with van der Waals surface area (Å²) in [4.78, 5) is 12.0. The molecule has 1 aromatic rings. The van der Waals surface area contributed by atoms with Crippen molar-refractivity contribution in [1.82, 2.24) is 0 Å². The summed E-state index contributed by atoms with van der Waals surface area (Å²) in [5, 5.41) is 9.87. The Labute approximate surface area is 132 Å². The minimum absolute atomic E-state index is 0.122. The Kier molecular flexibility index (Phi) is 7.35. The molecule has 0 aliphatic heterocycles. The second kappa shape index (κ2) is 8.76. The highest BCUT2D eigenvalue weighted by atomic mass is 16.5. The van der Waals surface area contributed by atoms with Gasteiger partial charge in [0.15, 0.2) is 0 Å². The van der Waals surface area contributed by atoms with Crippen molar-refractivity contribution < 1.29 is 24.1 Å². The first-order valence-electron chi connectivity index (χ1n) is 7.43. The van der Waals surface area contributed by atoms with Crippen molar-refractivity contribution in [3.05, 3.63) is 29.8 Å². The fourth-order valence-corrected chi connectivity index (χ4v) is 2.45. The SMILES string of the molecule is COCCCOCC(C(=O)O)(c1cccc(OC)c1)C(C)C. The summed E-state index contributed by atoms with van der Waals surface area (Å²) in [5.41, 5.74) is -0.400. The summed E-state index contributed by atoms with van der Waals surface area (Å²) in [6, 6.07) is 7.19. The molecule has 0 aromatic heterocycles. The molecule has 0 aliphatic carbocycles. The zero-order chi connectivity index (χ0) is 16.6. The van der Waals surface area contributed by atoms with Crippen LogP contribution in [-0.2, 0) is 19.7 Å². The Morgan fingerprint density at radius 1 is 1.27 bits per heavy atom. The predicted molar refractivity (Wildman–Crippen MR) is 84.5 cm³/mol. The highest BCUT2D eigenvalue weighted by Gasteiger charge is 2.44. The third-order valence-corrected chi connectivity index (χ3v) is 3.92. The number of ether oxygens (including phenoxy) is 3. The van der Waals surface area contributed by atoms with Crippen molar-refractivity contribution in [1.29, 1.82) is 0 Å². The molecule has 1 rings (SSSR count). The molecule has 0 radical (unpaired) electrons. The Hall–Kier alpha value is -1.59. The van der Waals surface area contributed by atoms with Gasteiger partial charge in [0.25, 0.3) is 0 Å². The zero-order valence-corrected chi connectivity index (χ0v) is 13.8. The van der Waals surface area contributed by atoms with E-state index >= 15 is 0 Å². The van der Waals surface area contributed by atoms with Crippen LogP contribution in [0.15, 0.2) is 24.3 Å². The van der Waals surface area contributed by atoms with Gasteiger partial charge in [0.2, 0.25) is 0 Å². The second-order valence-corrected chi connectivity index (χ2v) is 5.56. The van der Waals surface area contributed by atoms with Crippen LogP contribution < -0.4 is 4.74 Å². The van der Waals surface area contributed by atoms with Crippen LogP contribution in [-0.4, -0.2) is 45.1 Å². The van der Waals surface area contributed by atoms with E-state index in [1.165, 1.54) is 0 Å². The number of benzene rings is 1. The number of carboxylic acid groups (broad SMARTS) is 1. The topological polar surface area (TPSA) is 65.0 Å². The van der Waals surface area contributed by atoms with Gasteiger partial charge in [-0.15, -0.1) is 0 Å². The third kappa shape index (κ3) is 4.21. The smallest absolute Gasteiger partial charge is 0.316 e. The van der Waals surface area contributed by atoms with E-state index in [9.17, 15) is 9.90 Å². The molecule has 0 fully saturated rings. The average Bonchev–Trinajstić information content (AvgIpc) is 2.50. The molecule has 1 atom stereocenters. The lowest BCUT2D eigenvalue weighted by molar-refractivity contribution is -0.149. The van der Waals surface area contributed by atoms with Crippen LogP contribution in [0, 0.1) is 5.92 Å². The summed E-state index contributed by atoms with van der Waals surface area (Å²) in [6.45, 7) is 4.98. The van der Waals surface area contributed by atoms with Gasteiger partial charge in [-0.05, 0) is 30.0 Å². The average molecular weight is 310 g/mol. The normalized spacial score (nSPS) is 13.9. The van der Waals surface area contributed by atoms with Gasteiger partial charge in [0.05, 0.1) is 13.7 Å². The molecule has 1 N–H and O–H groups in total. The molecule has 1 unspecified atom stereocenters. The molecule has 124 valence electrons. The van der Waals surface area contributed by atoms with E-state index in [1.54, 1.807) is 32.4 Å². The van der Waals surface area contributed by atoms with Gasteiger partial charge in [-0.1, -0.05) is 26.0 Å². The number of rotatable bonds is 10. The molecule has 5 nitrogen and oxygen atoms in total. The van der Waals surface area contributed by atoms with Crippen molar-refractivity contribution >= 4 is 5.97 Å². The van der Waals surface area contributed by atoms with Crippen LogP contribution in [0.3, 0.4) is 0 Å². The molecule has 0 bridgehead atoms. The molecule has 22 heavy (non-hydrogen) atoms. The minimum Gasteiger partial charge on any atom is -0.497 e. The predicted octanol–water partition coefficient (Wildman–Crippen LogP) is 2.73. The van der Waals surface area contributed by atoms with Crippen molar-refractivity contribution in [3.63, 3.8) is 0 Å². The van der Waals surface area contributed by atoms with Gasteiger partial charge in [-0.25, -0.2) is 0 Å². The largest absolute Gasteiger partial charge is 0.497 e. The fraction of sp³-hybridized carbons (Fsp3) is 0.588. The Bertz CT molecular complexity index is 472. The third-order valence-electron chi connectivity index (χ3n) is 3.92.